The Balaban J connectivity index is 1.85. The van der Waals surface area contributed by atoms with E-state index in [0.717, 1.165) is 35.2 Å². The van der Waals surface area contributed by atoms with E-state index < -0.39 is 5.41 Å². The van der Waals surface area contributed by atoms with Crippen molar-refractivity contribution < 1.29 is 9.18 Å². The van der Waals surface area contributed by atoms with Crippen LogP contribution in [0.3, 0.4) is 0 Å². The highest BCUT2D eigenvalue weighted by Crippen LogP contribution is 2.49. The summed E-state index contributed by atoms with van der Waals surface area (Å²) in [7, 11) is 0. The van der Waals surface area contributed by atoms with Crippen LogP contribution in [0.15, 0.2) is 42.5 Å². The van der Waals surface area contributed by atoms with Gasteiger partial charge >= 0.3 is 0 Å². The molecule has 0 spiro atoms. The SMILES string of the molecule is Cc1ccc(C)c(NC(=O)C2(c3ccc(F)cc3)CC2)c1. The predicted molar refractivity (Wildman–Crippen MR) is 81.9 cm³/mol. The molecule has 1 saturated carbocycles. The number of rotatable bonds is 3. The molecule has 1 fully saturated rings. The molecule has 0 heterocycles. The number of aryl methyl sites for hydroxylation is 2. The van der Waals surface area contributed by atoms with Crippen LogP contribution in [0.25, 0.3) is 0 Å². The van der Waals surface area contributed by atoms with E-state index in [-0.39, 0.29) is 11.7 Å². The lowest BCUT2D eigenvalue weighted by atomic mass is 9.94. The number of nitrogens with one attached hydrogen (secondary N) is 1. The smallest absolute Gasteiger partial charge is 0.235 e. The number of carbonyl (C=O) groups is 1. The molecule has 108 valence electrons. The lowest BCUT2D eigenvalue weighted by Gasteiger charge is -2.17. The lowest BCUT2D eigenvalue weighted by molar-refractivity contribution is -0.118. The Bertz CT molecular complexity index is 687. The molecule has 2 aromatic carbocycles. The van der Waals surface area contributed by atoms with E-state index in [9.17, 15) is 9.18 Å². The normalized spacial score (nSPS) is 15.6. The summed E-state index contributed by atoms with van der Waals surface area (Å²) in [5.41, 5.74) is 3.43. The van der Waals surface area contributed by atoms with E-state index in [4.69, 9.17) is 0 Å². The van der Waals surface area contributed by atoms with E-state index in [1.807, 2.05) is 32.0 Å². The molecule has 3 rings (SSSR count). The molecule has 0 atom stereocenters. The third-order valence-corrected chi connectivity index (χ3v) is 4.22. The summed E-state index contributed by atoms with van der Waals surface area (Å²) in [4.78, 5) is 12.6. The van der Waals surface area contributed by atoms with Gasteiger partial charge in [0.1, 0.15) is 5.82 Å². The molecular formula is C18H18FNO. The number of hydrogen-bond acceptors (Lipinski definition) is 1. The second-order valence-electron chi connectivity index (χ2n) is 5.86. The molecule has 1 amide bonds. The molecule has 1 aliphatic rings. The summed E-state index contributed by atoms with van der Waals surface area (Å²) in [5, 5.41) is 3.03. The Hall–Kier alpha value is -2.16. The Morgan fingerprint density at radius 1 is 1.10 bits per heavy atom. The molecule has 2 aromatic rings. The number of carbonyl (C=O) groups excluding carboxylic acids is 1. The Morgan fingerprint density at radius 3 is 2.38 bits per heavy atom. The molecule has 3 heteroatoms. The van der Waals surface area contributed by atoms with E-state index >= 15 is 0 Å². The quantitative estimate of drug-likeness (QED) is 0.902. The topological polar surface area (TPSA) is 29.1 Å². The number of hydrogen-bond donors (Lipinski definition) is 1. The minimum Gasteiger partial charge on any atom is -0.325 e. The fourth-order valence-corrected chi connectivity index (χ4v) is 2.65. The second kappa shape index (κ2) is 4.99. The number of benzene rings is 2. The van der Waals surface area contributed by atoms with Gasteiger partial charge < -0.3 is 5.32 Å². The van der Waals surface area contributed by atoms with E-state index in [1.54, 1.807) is 12.1 Å². The van der Waals surface area contributed by atoms with Crippen LogP contribution in [0.4, 0.5) is 10.1 Å². The van der Waals surface area contributed by atoms with Crippen molar-refractivity contribution in [2.45, 2.75) is 32.1 Å². The zero-order valence-electron chi connectivity index (χ0n) is 12.2. The summed E-state index contributed by atoms with van der Waals surface area (Å²) in [6.45, 7) is 3.98. The van der Waals surface area contributed by atoms with Gasteiger partial charge in [0.05, 0.1) is 5.41 Å². The van der Waals surface area contributed by atoms with Crippen molar-refractivity contribution in [3.05, 3.63) is 65.0 Å². The largest absolute Gasteiger partial charge is 0.325 e. The highest BCUT2D eigenvalue weighted by Gasteiger charge is 2.51. The third-order valence-electron chi connectivity index (χ3n) is 4.22. The maximum absolute atomic E-state index is 13.0. The fraction of sp³-hybridized carbons (Fsp3) is 0.278. The molecule has 21 heavy (non-hydrogen) atoms. The van der Waals surface area contributed by atoms with Gasteiger partial charge in [0.15, 0.2) is 0 Å². The second-order valence-corrected chi connectivity index (χ2v) is 5.86. The molecule has 2 nitrogen and oxygen atoms in total. The minimum absolute atomic E-state index is 0.00260. The van der Waals surface area contributed by atoms with Crippen LogP contribution >= 0.6 is 0 Å². The first-order valence-corrected chi connectivity index (χ1v) is 7.16. The molecule has 1 N–H and O–H groups in total. The van der Waals surface area contributed by atoms with Gasteiger partial charge in [-0.3, -0.25) is 4.79 Å². The van der Waals surface area contributed by atoms with Crippen LogP contribution in [0.5, 0.6) is 0 Å². The van der Waals surface area contributed by atoms with E-state index in [1.165, 1.54) is 12.1 Å². The van der Waals surface area contributed by atoms with Gasteiger partial charge in [-0.25, -0.2) is 4.39 Å². The number of halogens is 1. The van der Waals surface area contributed by atoms with Crippen molar-refractivity contribution in [3.8, 4) is 0 Å². The first-order chi connectivity index (χ1) is 10.0. The van der Waals surface area contributed by atoms with Gasteiger partial charge in [0.25, 0.3) is 0 Å². The average Bonchev–Trinajstić information content (AvgIpc) is 3.25. The summed E-state index contributed by atoms with van der Waals surface area (Å²) in [5.74, 6) is -0.271. The Labute approximate surface area is 124 Å². The molecule has 0 radical (unpaired) electrons. The van der Waals surface area contributed by atoms with Gasteiger partial charge in [-0.2, -0.15) is 0 Å². The van der Waals surface area contributed by atoms with Gasteiger partial charge in [-0.05, 0) is 61.6 Å². The first kappa shape index (κ1) is 13.8. The first-order valence-electron chi connectivity index (χ1n) is 7.16. The Morgan fingerprint density at radius 2 is 1.76 bits per heavy atom. The molecule has 0 saturated heterocycles. The summed E-state index contributed by atoms with van der Waals surface area (Å²) < 4.78 is 13.0. The average molecular weight is 283 g/mol. The lowest BCUT2D eigenvalue weighted by Crippen LogP contribution is -2.28. The summed E-state index contributed by atoms with van der Waals surface area (Å²) in [6.07, 6.45) is 1.63. The van der Waals surface area contributed by atoms with Gasteiger partial charge in [-0.1, -0.05) is 24.3 Å². The fourth-order valence-electron chi connectivity index (χ4n) is 2.65. The molecule has 0 bridgehead atoms. The number of amides is 1. The number of anilines is 1. The maximum Gasteiger partial charge on any atom is 0.235 e. The molecule has 0 aliphatic heterocycles. The third kappa shape index (κ3) is 2.56. The van der Waals surface area contributed by atoms with Gasteiger partial charge in [0, 0.05) is 5.69 Å². The van der Waals surface area contributed by atoms with E-state index in [0.29, 0.717) is 0 Å². The van der Waals surface area contributed by atoms with Crippen molar-refractivity contribution in [1.29, 1.82) is 0 Å². The van der Waals surface area contributed by atoms with Crippen LogP contribution in [-0.2, 0) is 10.2 Å². The van der Waals surface area contributed by atoms with Crippen LogP contribution < -0.4 is 5.32 Å². The molecular weight excluding hydrogens is 265 g/mol. The molecule has 1 aliphatic carbocycles. The molecule has 0 aromatic heterocycles. The van der Waals surface area contributed by atoms with Crippen LogP contribution in [0.2, 0.25) is 0 Å². The van der Waals surface area contributed by atoms with Crippen molar-refractivity contribution >= 4 is 11.6 Å². The van der Waals surface area contributed by atoms with Crippen molar-refractivity contribution in [2.75, 3.05) is 5.32 Å². The highest BCUT2D eigenvalue weighted by atomic mass is 19.1. The van der Waals surface area contributed by atoms with Crippen molar-refractivity contribution in [1.82, 2.24) is 0 Å². The zero-order valence-corrected chi connectivity index (χ0v) is 12.2. The van der Waals surface area contributed by atoms with Gasteiger partial charge in [0.2, 0.25) is 5.91 Å². The standard InChI is InChI=1S/C18H18FNO/c1-12-3-4-13(2)16(11-12)20-17(21)18(9-10-18)14-5-7-15(19)8-6-14/h3-8,11H,9-10H2,1-2H3,(H,20,21). The van der Waals surface area contributed by atoms with Crippen molar-refractivity contribution in [2.24, 2.45) is 0 Å². The molecule has 0 unspecified atom stereocenters. The van der Waals surface area contributed by atoms with Crippen LogP contribution in [0.1, 0.15) is 29.5 Å². The summed E-state index contributed by atoms with van der Waals surface area (Å²) in [6, 6.07) is 12.3. The monoisotopic (exact) mass is 283 g/mol. The van der Waals surface area contributed by atoms with Gasteiger partial charge in [-0.15, -0.1) is 0 Å². The van der Waals surface area contributed by atoms with E-state index in [2.05, 4.69) is 5.32 Å². The predicted octanol–water partition coefficient (Wildman–Crippen LogP) is 4.11. The highest BCUT2D eigenvalue weighted by molar-refractivity contribution is 6.01. The Kier molecular flexibility index (Phi) is 3.28. The maximum atomic E-state index is 13.0. The zero-order chi connectivity index (χ0) is 15.0. The van der Waals surface area contributed by atoms with Crippen LogP contribution in [0, 0.1) is 19.7 Å². The minimum atomic E-state index is -0.482. The summed E-state index contributed by atoms with van der Waals surface area (Å²) >= 11 is 0. The van der Waals surface area contributed by atoms with Crippen LogP contribution in [-0.4, -0.2) is 5.91 Å². The van der Waals surface area contributed by atoms with Crippen molar-refractivity contribution in [3.63, 3.8) is 0 Å².